The Morgan fingerprint density at radius 2 is 1.87 bits per heavy atom. The van der Waals surface area contributed by atoms with Gasteiger partial charge >= 0.3 is 0 Å². The minimum absolute atomic E-state index is 0.00699. The molecule has 1 aromatic heterocycles. The third-order valence-corrected chi connectivity index (χ3v) is 5.08. The van der Waals surface area contributed by atoms with Crippen molar-refractivity contribution in [2.24, 2.45) is 0 Å². The van der Waals surface area contributed by atoms with Crippen molar-refractivity contribution in [1.82, 2.24) is 20.8 Å². The Kier molecular flexibility index (Phi) is 7.81. The predicted octanol–water partition coefficient (Wildman–Crippen LogP) is 3.24. The molecule has 0 saturated heterocycles. The highest BCUT2D eigenvalue weighted by Crippen LogP contribution is 2.19. The summed E-state index contributed by atoms with van der Waals surface area (Å²) in [4.78, 5) is 24.0. The lowest BCUT2D eigenvalue weighted by Gasteiger charge is -2.05. The molecule has 0 aliphatic carbocycles. The first kappa shape index (κ1) is 21.8. The van der Waals surface area contributed by atoms with Crippen molar-refractivity contribution in [3.8, 4) is 0 Å². The monoisotopic (exact) mass is 448 g/mol. The number of nitrogens with zero attached hydrogens (tertiary/aromatic N) is 2. The lowest BCUT2D eigenvalue weighted by Crippen LogP contribution is -2.27. The molecule has 2 amide bonds. The highest BCUT2D eigenvalue weighted by atomic mass is 35.5. The van der Waals surface area contributed by atoms with Gasteiger partial charge in [0.25, 0.3) is 11.1 Å². The van der Waals surface area contributed by atoms with Crippen LogP contribution in [0.4, 0.5) is 4.39 Å². The second kappa shape index (κ2) is 10.7. The summed E-state index contributed by atoms with van der Waals surface area (Å²) in [7, 11) is 0. The van der Waals surface area contributed by atoms with Crippen molar-refractivity contribution in [1.29, 1.82) is 0 Å². The maximum absolute atomic E-state index is 13.8. The fourth-order valence-corrected chi connectivity index (χ4v) is 3.36. The Hall–Kier alpha value is -2.91. The minimum Gasteiger partial charge on any atom is -0.414 e. The fourth-order valence-electron chi connectivity index (χ4n) is 2.50. The van der Waals surface area contributed by atoms with E-state index in [4.69, 9.17) is 16.0 Å². The van der Waals surface area contributed by atoms with Gasteiger partial charge in [-0.15, -0.1) is 10.2 Å². The molecule has 0 unspecified atom stereocenters. The van der Waals surface area contributed by atoms with E-state index in [0.717, 1.165) is 29.8 Å². The van der Waals surface area contributed by atoms with Crippen molar-refractivity contribution in [3.63, 3.8) is 0 Å². The molecule has 2 aromatic carbocycles. The quantitative estimate of drug-likeness (QED) is 0.488. The van der Waals surface area contributed by atoms with Crippen molar-refractivity contribution in [2.45, 2.75) is 18.2 Å². The number of rotatable bonds is 9. The van der Waals surface area contributed by atoms with Crippen LogP contribution in [0.1, 0.15) is 21.8 Å². The molecule has 10 heteroatoms. The number of thioether (sulfide) groups is 1. The van der Waals surface area contributed by atoms with Gasteiger partial charge in [0.2, 0.25) is 11.8 Å². The van der Waals surface area contributed by atoms with E-state index in [0.29, 0.717) is 6.54 Å². The standard InChI is InChI=1S/C20H18ClFN4O3S/c21-14-7-4-8-15(22)18(14)19(28)24-11-17-25-26-20(29-17)30-12-16(27)23-10-9-13-5-2-1-3-6-13/h1-8H,9-12H2,(H,23,27)(H,24,28). The van der Waals surface area contributed by atoms with Crippen LogP contribution in [-0.2, 0) is 17.8 Å². The first-order chi connectivity index (χ1) is 14.5. The molecule has 0 aliphatic heterocycles. The van der Waals surface area contributed by atoms with Crippen molar-refractivity contribution in [3.05, 3.63) is 76.4 Å². The zero-order chi connectivity index (χ0) is 21.3. The molecule has 0 radical (unpaired) electrons. The molecule has 7 nitrogen and oxygen atoms in total. The maximum Gasteiger partial charge on any atom is 0.277 e. The minimum atomic E-state index is -0.722. The van der Waals surface area contributed by atoms with E-state index >= 15 is 0 Å². The summed E-state index contributed by atoms with van der Waals surface area (Å²) in [6.45, 7) is 0.434. The maximum atomic E-state index is 13.8. The van der Waals surface area contributed by atoms with Gasteiger partial charge in [-0.3, -0.25) is 9.59 Å². The Morgan fingerprint density at radius 1 is 1.07 bits per heavy atom. The molecule has 1 heterocycles. The number of hydrogen-bond acceptors (Lipinski definition) is 6. The summed E-state index contributed by atoms with van der Waals surface area (Å²) < 4.78 is 19.1. The van der Waals surface area contributed by atoms with Crippen LogP contribution >= 0.6 is 23.4 Å². The van der Waals surface area contributed by atoms with Gasteiger partial charge in [0.1, 0.15) is 5.82 Å². The lowest BCUT2D eigenvalue weighted by atomic mass is 10.1. The molecule has 3 aromatic rings. The number of amides is 2. The highest BCUT2D eigenvalue weighted by Gasteiger charge is 2.17. The van der Waals surface area contributed by atoms with E-state index in [2.05, 4.69) is 20.8 Å². The molecule has 0 saturated carbocycles. The normalized spacial score (nSPS) is 10.6. The summed E-state index contributed by atoms with van der Waals surface area (Å²) >= 11 is 6.94. The number of halogens is 2. The van der Waals surface area contributed by atoms with Gasteiger partial charge in [-0.25, -0.2) is 4.39 Å². The summed E-state index contributed by atoms with van der Waals surface area (Å²) in [5, 5.41) is 13.1. The smallest absolute Gasteiger partial charge is 0.277 e. The SMILES string of the molecule is O=C(CSc1nnc(CNC(=O)c2c(F)cccc2Cl)o1)NCCc1ccccc1. The number of carbonyl (C=O) groups is 2. The third-order valence-electron chi connectivity index (χ3n) is 3.94. The van der Waals surface area contributed by atoms with Gasteiger partial charge in [0.15, 0.2) is 0 Å². The van der Waals surface area contributed by atoms with E-state index < -0.39 is 11.7 Å². The topological polar surface area (TPSA) is 97.1 Å². The molecule has 0 fully saturated rings. The van der Waals surface area contributed by atoms with E-state index in [9.17, 15) is 14.0 Å². The second-order valence-electron chi connectivity index (χ2n) is 6.12. The number of carbonyl (C=O) groups excluding carboxylic acids is 2. The Balaban J connectivity index is 1.40. The van der Waals surface area contributed by atoms with Gasteiger partial charge in [0, 0.05) is 6.54 Å². The van der Waals surface area contributed by atoms with Crippen LogP contribution in [0.3, 0.4) is 0 Å². The van der Waals surface area contributed by atoms with Crippen LogP contribution in [0, 0.1) is 5.82 Å². The molecule has 0 bridgehead atoms. The first-order valence-corrected chi connectivity index (χ1v) is 10.4. The van der Waals surface area contributed by atoms with Gasteiger partial charge in [-0.1, -0.05) is 59.8 Å². The average molecular weight is 449 g/mol. The zero-order valence-corrected chi connectivity index (χ0v) is 17.3. The van der Waals surface area contributed by atoms with Crippen LogP contribution in [0.2, 0.25) is 5.02 Å². The summed E-state index contributed by atoms with van der Waals surface area (Å²) in [6, 6.07) is 13.8. The molecule has 30 heavy (non-hydrogen) atoms. The summed E-state index contributed by atoms with van der Waals surface area (Å²) in [5.41, 5.74) is 0.895. The van der Waals surface area contributed by atoms with Crippen LogP contribution in [0.15, 0.2) is 58.2 Å². The largest absolute Gasteiger partial charge is 0.414 e. The third kappa shape index (κ3) is 6.30. The van der Waals surface area contributed by atoms with Gasteiger partial charge in [-0.05, 0) is 24.1 Å². The molecular weight excluding hydrogens is 431 g/mol. The summed E-state index contributed by atoms with van der Waals surface area (Å²) in [5.74, 6) is -1.32. The number of aromatic nitrogens is 2. The fraction of sp³-hybridized carbons (Fsp3) is 0.200. The van der Waals surface area contributed by atoms with Gasteiger partial charge in [0.05, 0.1) is 22.9 Å². The van der Waals surface area contributed by atoms with Crippen LogP contribution < -0.4 is 10.6 Å². The molecule has 0 aliphatic rings. The lowest BCUT2D eigenvalue weighted by molar-refractivity contribution is -0.118. The molecule has 156 valence electrons. The predicted molar refractivity (Wildman–Crippen MR) is 111 cm³/mol. The first-order valence-electron chi connectivity index (χ1n) is 9.01. The van der Waals surface area contributed by atoms with Crippen molar-refractivity contribution >= 4 is 35.2 Å². The Bertz CT molecular complexity index is 996. The van der Waals surface area contributed by atoms with E-state index in [-0.39, 0.29) is 39.9 Å². The van der Waals surface area contributed by atoms with E-state index in [1.54, 1.807) is 0 Å². The molecule has 0 atom stereocenters. The molecule has 3 rings (SSSR count). The van der Waals surface area contributed by atoms with E-state index in [1.807, 2.05) is 30.3 Å². The summed E-state index contributed by atoms with van der Waals surface area (Å²) in [6.07, 6.45) is 0.744. The molecule has 0 spiro atoms. The van der Waals surface area contributed by atoms with Crippen LogP contribution in [0.25, 0.3) is 0 Å². The number of nitrogens with one attached hydrogen (secondary N) is 2. The van der Waals surface area contributed by atoms with Crippen molar-refractivity contribution < 1.29 is 18.4 Å². The Morgan fingerprint density at radius 3 is 2.63 bits per heavy atom. The number of benzene rings is 2. The second-order valence-corrected chi connectivity index (χ2v) is 7.45. The van der Waals surface area contributed by atoms with Gasteiger partial charge in [-0.2, -0.15) is 0 Å². The van der Waals surface area contributed by atoms with Crippen molar-refractivity contribution in [2.75, 3.05) is 12.3 Å². The average Bonchev–Trinajstić information content (AvgIpc) is 3.19. The molecular formula is C20H18ClFN4O3S. The van der Waals surface area contributed by atoms with E-state index in [1.165, 1.54) is 12.1 Å². The number of hydrogen-bond donors (Lipinski definition) is 2. The van der Waals surface area contributed by atoms with Crippen LogP contribution in [-0.4, -0.2) is 34.3 Å². The zero-order valence-electron chi connectivity index (χ0n) is 15.7. The molecule has 2 N–H and O–H groups in total. The van der Waals surface area contributed by atoms with Gasteiger partial charge < -0.3 is 15.1 Å². The Labute approximate surface area is 181 Å². The highest BCUT2D eigenvalue weighted by molar-refractivity contribution is 7.99. The van der Waals surface area contributed by atoms with Crippen LogP contribution in [0.5, 0.6) is 0 Å².